The summed E-state index contributed by atoms with van der Waals surface area (Å²) in [6.45, 7) is 4.56. The van der Waals surface area contributed by atoms with Gasteiger partial charge in [0, 0.05) is 10.5 Å². The molecule has 1 heteroatoms. The fourth-order valence-electron chi connectivity index (χ4n) is 0.853. The molecule has 0 bridgehead atoms. The molecule has 1 aliphatic heterocycles. The van der Waals surface area contributed by atoms with Crippen molar-refractivity contribution in [2.75, 3.05) is 0 Å². The molecule has 1 heterocycles. The van der Waals surface area contributed by atoms with Crippen molar-refractivity contribution in [1.82, 2.24) is 0 Å². The van der Waals surface area contributed by atoms with Crippen molar-refractivity contribution >= 4 is 11.8 Å². The maximum absolute atomic E-state index is 2.28. The standard InChI is InChI=1S/C5H10S/c1-4-3-5(2)6-4/h4-5H,3H2,1-2H3/t4-,5?/m0/s1. The summed E-state index contributed by atoms with van der Waals surface area (Å²) in [6, 6.07) is 0. The molecule has 1 unspecified atom stereocenters. The van der Waals surface area contributed by atoms with Crippen molar-refractivity contribution < 1.29 is 0 Å². The molecule has 0 spiro atoms. The van der Waals surface area contributed by atoms with Crippen molar-refractivity contribution in [2.45, 2.75) is 30.8 Å². The first-order chi connectivity index (χ1) is 2.79. The molecule has 36 valence electrons. The van der Waals surface area contributed by atoms with E-state index in [-0.39, 0.29) is 0 Å². The Morgan fingerprint density at radius 2 is 1.67 bits per heavy atom. The van der Waals surface area contributed by atoms with Crippen molar-refractivity contribution in [3.63, 3.8) is 0 Å². The molecule has 1 saturated heterocycles. The first-order valence-electron chi connectivity index (χ1n) is 2.44. The number of thioether (sulfide) groups is 1. The molecule has 0 aliphatic carbocycles. The van der Waals surface area contributed by atoms with E-state index in [2.05, 4.69) is 25.6 Å². The minimum atomic E-state index is 0.958. The molecule has 6 heavy (non-hydrogen) atoms. The number of hydrogen-bond donors (Lipinski definition) is 0. The summed E-state index contributed by atoms with van der Waals surface area (Å²) < 4.78 is 0. The molecule has 0 aromatic rings. The average Bonchev–Trinajstić information content (AvgIpc) is 1.33. The zero-order valence-electron chi connectivity index (χ0n) is 4.27. The van der Waals surface area contributed by atoms with Crippen LogP contribution >= 0.6 is 11.8 Å². The van der Waals surface area contributed by atoms with Gasteiger partial charge in [0.2, 0.25) is 0 Å². The van der Waals surface area contributed by atoms with Gasteiger partial charge in [0.1, 0.15) is 0 Å². The topological polar surface area (TPSA) is 0 Å². The van der Waals surface area contributed by atoms with Crippen LogP contribution in [0.1, 0.15) is 20.3 Å². The summed E-state index contributed by atoms with van der Waals surface area (Å²) in [5.74, 6) is 0. The fraction of sp³-hybridized carbons (Fsp3) is 1.00. The molecule has 1 rings (SSSR count). The van der Waals surface area contributed by atoms with E-state index in [0.29, 0.717) is 0 Å². The summed E-state index contributed by atoms with van der Waals surface area (Å²) in [7, 11) is 0. The summed E-state index contributed by atoms with van der Waals surface area (Å²) in [6.07, 6.45) is 1.44. The summed E-state index contributed by atoms with van der Waals surface area (Å²) >= 11 is 2.08. The van der Waals surface area contributed by atoms with Crippen LogP contribution in [0.25, 0.3) is 0 Å². The predicted molar refractivity (Wildman–Crippen MR) is 31.1 cm³/mol. The quantitative estimate of drug-likeness (QED) is 0.450. The van der Waals surface area contributed by atoms with Crippen molar-refractivity contribution in [2.24, 2.45) is 0 Å². The van der Waals surface area contributed by atoms with Crippen molar-refractivity contribution in [3.05, 3.63) is 0 Å². The lowest BCUT2D eigenvalue weighted by Crippen LogP contribution is -2.19. The Kier molecular flexibility index (Phi) is 1.09. The molecule has 1 fully saturated rings. The zero-order chi connectivity index (χ0) is 4.57. The number of hydrogen-bond acceptors (Lipinski definition) is 1. The summed E-state index contributed by atoms with van der Waals surface area (Å²) in [5, 5.41) is 1.92. The minimum Gasteiger partial charge on any atom is -0.156 e. The third-order valence-corrected chi connectivity index (χ3v) is 2.44. The first kappa shape index (κ1) is 4.51. The Balaban J connectivity index is 2.11. The second-order valence-corrected chi connectivity index (χ2v) is 3.87. The largest absolute Gasteiger partial charge is 0.156 e. The van der Waals surface area contributed by atoms with E-state index in [1.165, 1.54) is 6.42 Å². The lowest BCUT2D eigenvalue weighted by atomic mass is 10.2. The predicted octanol–water partition coefficient (Wildman–Crippen LogP) is 1.90. The lowest BCUT2D eigenvalue weighted by Gasteiger charge is -2.28. The average molecular weight is 102 g/mol. The van der Waals surface area contributed by atoms with E-state index in [0.717, 1.165) is 10.5 Å². The second-order valence-electron chi connectivity index (χ2n) is 1.99. The fourth-order valence-corrected chi connectivity index (χ4v) is 2.09. The van der Waals surface area contributed by atoms with Gasteiger partial charge in [-0.05, 0) is 6.42 Å². The minimum absolute atomic E-state index is 0.958. The number of rotatable bonds is 0. The van der Waals surface area contributed by atoms with Gasteiger partial charge in [-0.3, -0.25) is 0 Å². The van der Waals surface area contributed by atoms with Gasteiger partial charge in [-0.15, -0.1) is 0 Å². The van der Waals surface area contributed by atoms with E-state index in [1.54, 1.807) is 0 Å². The highest BCUT2D eigenvalue weighted by Crippen LogP contribution is 2.34. The van der Waals surface area contributed by atoms with Crippen LogP contribution in [0.15, 0.2) is 0 Å². The zero-order valence-corrected chi connectivity index (χ0v) is 5.09. The van der Waals surface area contributed by atoms with Gasteiger partial charge in [-0.1, -0.05) is 13.8 Å². The Morgan fingerprint density at radius 3 is 1.67 bits per heavy atom. The molecule has 0 amide bonds. The van der Waals surface area contributed by atoms with Gasteiger partial charge in [-0.25, -0.2) is 0 Å². The van der Waals surface area contributed by atoms with Crippen LogP contribution in [0.5, 0.6) is 0 Å². The highest BCUT2D eigenvalue weighted by Gasteiger charge is 2.20. The third-order valence-electron chi connectivity index (χ3n) is 1.13. The van der Waals surface area contributed by atoms with E-state index in [1.807, 2.05) is 0 Å². The van der Waals surface area contributed by atoms with Gasteiger partial charge in [0.15, 0.2) is 0 Å². The SMILES string of the molecule is CC1C[C@H](C)S1. The van der Waals surface area contributed by atoms with Crippen molar-refractivity contribution in [1.29, 1.82) is 0 Å². The monoisotopic (exact) mass is 102 g/mol. The molecule has 0 aromatic heterocycles. The van der Waals surface area contributed by atoms with Crippen LogP contribution in [0, 0.1) is 0 Å². The molecular formula is C5H10S. The molecule has 0 saturated carbocycles. The lowest BCUT2D eigenvalue weighted by molar-refractivity contribution is 0.740. The molecule has 0 N–H and O–H groups in total. The Morgan fingerprint density at radius 1 is 1.33 bits per heavy atom. The highest BCUT2D eigenvalue weighted by atomic mass is 32.2. The molecule has 0 aromatic carbocycles. The Bertz CT molecular complexity index is 39.9. The molecular weight excluding hydrogens is 92.1 g/mol. The van der Waals surface area contributed by atoms with E-state index in [4.69, 9.17) is 0 Å². The van der Waals surface area contributed by atoms with Crippen LogP contribution in [-0.2, 0) is 0 Å². The normalized spacial score (nSPS) is 45.0. The van der Waals surface area contributed by atoms with Crippen LogP contribution in [0.3, 0.4) is 0 Å². The highest BCUT2D eigenvalue weighted by molar-refractivity contribution is 8.01. The van der Waals surface area contributed by atoms with E-state index < -0.39 is 0 Å². The molecule has 0 radical (unpaired) electrons. The second kappa shape index (κ2) is 1.45. The van der Waals surface area contributed by atoms with E-state index >= 15 is 0 Å². The van der Waals surface area contributed by atoms with Gasteiger partial charge in [0.25, 0.3) is 0 Å². The summed E-state index contributed by atoms with van der Waals surface area (Å²) in [4.78, 5) is 0. The maximum atomic E-state index is 2.28. The Hall–Kier alpha value is 0.350. The van der Waals surface area contributed by atoms with Crippen molar-refractivity contribution in [3.8, 4) is 0 Å². The molecule has 0 nitrogen and oxygen atoms in total. The van der Waals surface area contributed by atoms with Crippen LogP contribution in [0.4, 0.5) is 0 Å². The maximum Gasteiger partial charge on any atom is 0.00318 e. The van der Waals surface area contributed by atoms with Crippen LogP contribution < -0.4 is 0 Å². The van der Waals surface area contributed by atoms with E-state index in [9.17, 15) is 0 Å². The Labute approximate surface area is 43.3 Å². The first-order valence-corrected chi connectivity index (χ1v) is 3.39. The van der Waals surface area contributed by atoms with Gasteiger partial charge < -0.3 is 0 Å². The van der Waals surface area contributed by atoms with Crippen LogP contribution in [-0.4, -0.2) is 10.5 Å². The molecule has 2 atom stereocenters. The molecule has 1 aliphatic rings. The summed E-state index contributed by atoms with van der Waals surface area (Å²) in [5.41, 5.74) is 0. The van der Waals surface area contributed by atoms with Gasteiger partial charge >= 0.3 is 0 Å². The third kappa shape index (κ3) is 0.700. The smallest absolute Gasteiger partial charge is 0.00318 e. The van der Waals surface area contributed by atoms with Gasteiger partial charge in [-0.2, -0.15) is 11.8 Å². The van der Waals surface area contributed by atoms with Gasteiger partial charge in [0.05, 0.1) is 0 Å². The van der Waals surface area contributed by atoms with Crippen LogP contribution in [0.2, 0.25) is 0 Å².